The number of carboxylic acids is 1. The fourth-order valence-electron chi connectivity index (χ4n) is 2.26. The minimum atomic E-state index is -0.891. The molecule has 1 aliphatic heterocycles. The lowest BCUT2D eigenvalue weighted by Gasteiger charge is -2.06. The molecular formula is C13H13NO4. The van der Waals surface area contributed by atoms with Gasteiger partial charge in [0.15, 0.2) is 0 Å². The van der Waals surface area contributed by atoms with Gasteiger partial charge in [0.25, 0.3) is 0 Å². The van der Waals surface area contributed by atoms with Gasteiger partial charge in [-0.25, -0.2) is 0 Å². The summed E-state index contributed by atoms with van der Waals surface area (Å²) in [5.74, 6) is -1.13. The van der Waals surface area contributed by atoms with Gasteiger partial charge in [-0.05, 0) is 30.2 Å². The zero-order chi connectivity index (χ0) is 12.7. The van der Waals surface area contributed by atoms with Crippen LogP contribution in [-0.2, 0) is 16.0 Å². The van der Waals surface area contributed by atoms with Gasteiger partial charge in [-0.15, -0.1) is 0 Å². The van der Waals surface area contributed by atoms with Crippen molar-refractivity contribution in [2.24, 2.45) is 11.8 Å². The lowest BCUT2D eigenvalue weighted by atomic mass is 10.1. The molecule has 1 saturated carbocycles. The van der Waals surface area contributed by atoms with E-state index in [1.165, 1.54) is 0 Å². The molecule has 2 atom stereocenters. The fraction of sp³-hybridized carbons (Fsp3) is 0.385. The molecule has 18 heavy (non-hydrogen) atoms. The predicted molar refractivity (Wildman–Crippen MR) is 63.5 cm³/mol. The summed E-state index contributed by atoms with van der Waals surface area (Å²) in [4.78, 5) is 22.5. The smallest absolute Gasteiger partial charge is 0.307 e. The first kappa shape index (κ1) is 11.1. The van der Waals surface area contributed by atoms with E-state index < -0.39 is 11.9 Å². The van der Waals surface area contributed by atoms with E-state index in [1.54, 1.807) is 6.07 Å². The third-order valence-corrected chi connectivity index (χ3v) is 3.40. The Bertz CT molecular complexity index is 526. The number of carbonyl (C=O) groups excluding carboxylic acids is 1. The Kier molecular flexibility index (Phi) is 2.47. The van der Waals surface area contributed by atoms with Crippen LogP contribution in [-0.4, -0.2) is 23.6 Å². The summed E-state index contributed by atoms with van der Waals surface area (Å²) in [7, 11) is 0. The first-order chi connectivity index (χ1) is 8.65. The van der Waals surface area contributed by atoms with Gasteiger partial charge in [-0.2, -0.15) is 0 Å². The van der Waals surface area contributed by atoms with Crippen LogP contribution in [0, 0.1) is 11.8 Å². The second kappa shape index (κ2) is 4.01. The standard InChI is InChI=1S/C13H13NO4/c15-12(9-6-10(9)13(16)17)14-8-1-2-11-7(5-8)3-4-18-11/h1-2,5,9-10H,3-4,6H2,(H,14,15)(H,16,17). The summed E-state index contributed by atoms with van der Waals surface area (Å²) < 4.78 is 5.38. The van der Waals surface area contributed by atoms with Crippen molar-refractivity contribution in [1.82, 2.24) is 0 Å². The Balaban J connectivity index is 1.67. The largest absolute Gasteiger partial charge is 0.493 e. The molecule has 2 aliphatic rings. The second-order valence-electron chi connectivity index (χ2n) is 4.70. The van der Waals surface area contributed by atoms with Crippen molar-refractivity contribution in [3.05, 3.63) is 23.8 Å². The number of aliphatic carboxylic acids is 1. The van der Waals surface area contributed by atoms with Crippen molar-refractivity contribution >= 4 is 17.6 Å². The van der Waals surface area contributed by atoms with Gasteiger partial charge < -0.3 is 15.2 Å². The lowest BCUT2D eigenvalue weighted by Crippen LogP contribution is -2.16. The summed E-state index contributed by atoms with van der Waals surface area (Å²) in [6, 6.07) is 5.50. The highest BCUT2D eigenvalue weighted by atomic mass is 16.5. The van der Waals surface area contributed by atoms with Crippen LogP contribution in [0.3, 0.4) is 0 Å². The Labute approximate surface area is 104 Å². The van der Waals surface area contributed by atoms with Crippen molar-refractivity contribution in [1.29, 1.82) is 0 Å². The van der Waals surface area contributed by atoms with Gasteiger partial charge in [0.2, 0.25) is 5.91 Å². The molecule has 0 saturated heterocycles. The molecule has 5 nitrogen and oxygen atoms in total. The Morgan fingerprint density at radius 2 is 2.17 bits per heavy atom. The molecule has 1 heterocycles. The van der Waals surface area contributed by atoms with Crippen molar-refractivity contribution in [2.75, 3.05) is 11.9 Å². The van der Waals surface area contributed by atoms with Crippen molar-refractivity contribution < 1.29 is 19.4 Å². The number of carboxylic acid groups (broad SMARTS) is 1. The molecule has 2 N–H and O–H groups in total. The number of hydrogen-bond donors (Lipinski definition) is 2. The summed E-state index contributed by atoms with van der Waals surface area (Å²) in [6.07, 6.45) is 1.29. The molecular weight excluding hydrogens is 234 g/mol. The molecule has 0 bridgehead atoms. The molecule has 0 radical (unpaired) electrons. The highest BCUT2D eigenvalue weighted by molar-refractivity contribution is 5.98. The average Bonchev–Trinajstić information content (AvgIpc) is 3.02. The van der Waals surface area contributed by atoms with Gasteiger partial charge in [-0.1, -0.05) is 0 Å². The van der Waals surface area contributed by atoms with Crippen LogP contribution in [0.1, 0.15) is 12.0 Å². The highest BCUT2D eigenvalue weighted by Gasteiger charge is 2.48. The molecule has 94 valence electrons. The van der Waals surface area contributed by atoms with E-state index in [1.807, 2.05) is 12.1 Å². The van der Waals surface area contributed by atoms with E-state index in [9.17, 15) is 9.59 Å². The minimum absolute atomic E-state index is 0.207. The van der Waals surface area contributed by atoms with Crippen LogP contribution in [0.5, 0.6) is 5.75 Å². The maximum absolute atomic E-state index is 11.8. The van der Waals surface area contributed by atoms with Crippen LogP contribution in [0.25, 0.3) is 0 Å². The molecule has 1 aliphatic carbocycles. The number of hydrogen-bond acceptors (Lipinski definition) is 3. The third-order valence-electron chi connectivity index (χ3n) is 3.40. The van der Waals surface area contributed by atoms with Crippen molar-refractivity contribution in [2.45, 2.75) is 12.8 Å². The van der Waals surface area contributed by atoms with Crippen LogP contribution >= 0.6 is 0 Å². The van der Waals surface area contributed by atoms with E-state index >= 15 is 0 Å². The van der Waals surface area contributed by atoms with E-state index in [0.29, 0.717) is 18.7 Å². The number of amides is 1. The summed E-state index contributed by atoms with van der Waals surface area (Å²) in [5, 5.41) is 11.5. The van der Waals surface area contributed by atoms with E-state index in [4.69, 9.17) is 9.84 Å². The van der Waals surface area contributed by atoms with Crippen LogP contribution < -0.4 is 10.1 Å². The van der Waals surface area contributed by atoms with E-state index in [-0.39, 0.29) is 11.8 Å². The van der Waals surface area contributed by atoms with Gasteiger partial charge in [0, 0.05) is 12.1 Å². The van der Waals surface area contributed by atoms with Gasteiger partial charge in [0.05, 0.1) is 18.4 Å². The molecule has 5 heteroatoms. The number of benzene rings is 1. The number of ether oxygens (including phenoxy) is 1. The molecule has 3 rings (SSSR count). The topological polar surface area (TPSA) is 75.6 Å². The van der Waals surface area contributed by atoms with Crippen LogP contribution in [0.4, 0.5) is 5.69 Å². The summed E-state index contributed by atoms with van der Waals surface area (Å²) >= 11 is 0. The molecule has 1 fully saturated rings. The normalized spacial score (nSPS) is 24.0. The van der Waals surface area contributed by atoms with Gasteiger partial charge >= 0.3 is 5.97 Å². The number of fused-ring (bicyclic) bond motifs is 1. The van der Waals surface area contributed by atoms with Gasteiger partial charge in [-0.3, -0.25) is 9.59 Å². The van der Waals surface area contributed by atoms with Crippen LogP contribution in [0.2, 0.25) is 0 Å². The molecule has 2 unspecified atom stereocenters. The van der Waals surface area contributed by atoms with E-state index in [2.05, 4.69) is 5.32 Å². The number of carbonyl (C=O) groups is 2. The molecule has 1 aromatic rings. The second-order valence-corrected chi connectivity index (χ2v) is 4.70. The van der Waals surface area contributed by atoms with Crippen molar-refractivity contribution in [3.8, 4) is 5.75 Å². The average molecular weight is 247 g/mol. The minimum Gasteiger partial charge on any atom is -0.493 e. The number of nitrogens with one attached hydrogen (secondary N) is 1. The predicted octanol–water partition coefficient (Wildman–Crippen LogP) is 1.28. The SMILES string of the molecule is O=C(O)C1CC1C(=O)Nc1ccc2c(c1)CCO2. The number of anilines is 1. The Hall–Kier alpha value is -2.04. The molecule has 0 aromatic heterocycles. The monoisotopic (exact) mass is 247 g/mol. The molecule has 0 spiro atoms. The summed E-state index contributed by atoms with van der Waals surface area (Å²) in [5.41, 5.74) is 1.79. The van der Waals surface area contributed by atoms with E-state index in [0.717, 1.165) is 17.7 Å². The maximum atomic E-state index is 11.8. The maximum Gasteiger partial charge on any atom is 0.307 e. The van der Waals surface area contributed by atoms with Crippen molar-refractivity contribution in [3.63, 3.8) is 0 Å². The zero-order valence-corrected chi connectivity index (χ0v) is 9.68. The lowest BCUT2D eigenvalue weighted by molar-refractivity contribution is -0.139. The Morgan fingerprint density at radius 3 is 2.89 bits per heavy atom. The van der Waals surface area contributed by atoms with Crippen LogP contribution in [0.15, 0.2) is 18.2 Å². The molecule has 1 aromatic carbocycles. The first-order valence-corrected chi connectivity index (χ1v) is 5.94. The number of rotatable bonds is 3. The third kappa shape index (κ3) is 1.92. The highest BCUT2D eigenvalue weighted by Crippen LogP contribution is 2.39. The first-order valence-electron chi connectivity index (χ1n) is 5.94. The zero-order valence-electron chi connectivity index (χ0n) is 9.68. The Morgan fingerprint density at radius 1 is 1.33 bits per heavy atom. The van der Waals surface area contributed by atoms with Gasteiger partial charge in [0.1, 0.15) is 5.75 Å². The summed E-state index contributed by atoms with van der Waals surface area (Å²) in [6.45, 7) is 0.677. The molecule has 1 amide bonds. The fourth-order valence-corrected chi connectivity index (χ4v) is 2.26. The quantitative estimate of drug-likeness (QED) is 0.843.